The van der Waals surface area contributed by atoms with Gasteiger partial charge in [0.1, 0.15) is 0 Å². The van der Waals surface area contributed by atoms with E-state index in [4.69, 9.17) is 0 Å². The normalized spacial score (nSPS) is 38.1. The summed E-state index contributed by atoms with van der Waals surface area (Å²) in [6, 6.07) is 0. The molecule has 2 nitrogen and oxygen atoms in total. The highest BCUT2D eigenvalue weighted by atomic mass is 16.3. The van der Waals surface area contributed by atoms with E-state index in [9.17, 15) is 9.90 Å². The average Bonchev–Trinajstić information content (AvgIpc) is 2.22. The Morgan fingerprint density at radius 3 is 2.71 bits per heavy atom. The second kappa shape index (κ2) is 3.81. The highest BCUT2D eigenvalue weighted by molar-refractivity contribution is 5.97. The molecule has 2 heteroatoms. The smallest absolute Gasteiger partial charge is 0.162 e. The van der Waals surface area contributed by atoms with Gasteiger partial charge in [-0.05, 0) is 51.0 Å². The van der Waals surface area contributed by atoms with E-state index in [1.54, 1.807) is 6.08 Å². The van der Waals surface area contributed by atoms with Crippen molar-refractivity contribution in [1.29, 1.82) is 0 Å². The van der Waals surface area contributed by atoms with Gasteiger partial charge in [-0.1, -0.05) is 25.2 Å². The zero-order valence-electron chi connectivity index (χ0n) is 11.0. The highest BCUT2D eigenvalue weighted by Gasteiger charge is 2.48. The molecule has 0 aromatic carbocycles. The van der Waals surface area contributed by atoms with E-state index in [-0.39, 0.29) is 23.0 Å². The van der Waals surface area contributed by atoms with E-state index in [0.29, 0.717) is 0 Å². The van der Waals surface area contributed by atoms with Crippen molar-refractivity contribution in [3.8, 4) is 0 Å². The van der Waals surface area contributed by atoms with E-state index in [0.717, 1.165) is 24.8 Å². The van der Waals surface area contributed by atoms with Crippen molar-refractivity contribution in [2.24, 2.45) is 17.3 Å². The predicted molar refractivity (Wildman–Crippen MR) is 68.5 cm³/mol. The lowest BCUT2D eigenvalue weighted by Gasteiger charge is -2.47. The van der Waals surface area contributed by atoms with Crippen LogP contribution in [0, 0.1) is 17.3 Å². The molecule has 0 aliphatic heterocycles. The summed E-state index contributed by atoms with van der Waals surface area (Å²) in [7, 11) is 0. The molecule has 0 saturated heterocycles. The molecule has 0 amide bonds. The number of hydrogen-bond acceptors (Lipinski definition) is 2. The Bertz CT molecular complexity index is 386. The Morgan fingerprint density at radius 1 is 1.47 bits per heavy atom. The molecule has 0 radical (unpaired) electrons. The van der Waals surface area contributed by atoms with Crippen LogP contribution in [0.1, 0.15) is 40.0 Å². The third-order valence-electron chi connectivity index (χ3n) is 4.76. The van der Waals surface area contributed by atoms with Gasteiger partial charge in [-0.3, -0.25) is 4.79 Å². The van der Waals surface area contributed by atoms with Crippen LogP contribution in [0.5, 0.6) is 0 Å². The lowest BCUT2D eigenvalue weighted by Crippen LogP contribution is -2.46. The van der Waals surface area contributed by atoms with Gasteiger partial charge in [0.15, 0.2) is 5.78 Å². The fourth-order valence-electron chi connectivity index (χ4n) is 3.30. The molecule has 2 aliphatic carbocycles. The van der Waals surface area contributed by atoms with Gasteiger partial charge < -0.3 is 5.11 Å². The quantitative estimate of drug-likeness (QED) is 0.757. The molecule has 1 fully saturated rings. The van der Waals surface area contributed by atoms with Crippen LogP contribution in [0.4, 0.5) is 0 Å². The van der Waals surface area contributed by atoms with Crippen LogP contribution in [0.25, 0.3) is 0 Å². The molecule has 1 N–H and O–H groups in total. The summed E-state index contributed by atoms with van der Waals surface area (Å²) in [5.41, 5.74) is 0.0976. The first-order valence-electron chi connectivity index (χ1n) is 6.39. The van der Waals surface area contributed by atoms with E-state index >= 15 is 0 Å². The number of aliphatic hydroxyl groups is 1. The zero-order chi connectivity index (χ0) is 12.8. The van der Waals surface area contributed by atoms with Crippen molar-refractivity contribution >= 4 is 5.78 Å². The number of carbonyl (C=O) groups is 1. The first kappa shape index (κ1) is 12.6. The number of fused-ring (bicyclic) bond motifs is 1. The molecule has 3 unspecified atom stereocenters. The van der Waals surface area contributed by atoms with E-state index in [2.05, 4.69) is 13.5 Å². The number of hydrogen-bond donors (Lipinski definition) is 1. The number of allylic oxidation sites excluding steroid dienone is 3. The minimum atomic E-state index is -0.661. The van der Waals surface area contributed by atoms with E-state index in [1.165, 1.54) is 0 Å². The minimum Gasteiger partial charge on any atom is -0.390 e. The van der Waals surface area contributed by atoms with Gasteiger partial charge in [0.25, 0.3) is 0 Å². The SMILES string of the molecule is C=C1C=CC(=O)C2(C)CCC(C(C)(C)O)CC12. The summed E-state index contributed by atoms with van der Waals surface area (Å²) in [5, 5.41) is 10.1. The topological polar surface area (TPSA) is 37.3 Å². The summed E-state index contributed by atoms with van der Waals surface area (Å²) >= 11 is 0. The van der Waals surface area contributed by atoms with Crippen molar-refractivity contribution < 1.29 is 9.90 Å². The largest absolute Gasteiger partial charge is 0.390 e. The van der Waals surface area contributed by atoms with Gasteiger partial charge in [0, 0.05) is 5.41 Å². The first-order chi connectivity index (χ1) is 7.75. The van der Waals surface area contributed by atoms with Crippen molar-refractivity contribution in [2.75, 3.05) is 0 Å². The molecule has 17 heavy (non-hydrogen) atoms. The Labute approximate surface area is 103 Å². The van der Waals surface area contributed by atoms with Gasteiger partial charge in [0.2, 0.25) is 0 Å². The molecular formula is C15H22O2. The number of ketones is 1. The lowest BCUT2D eigenvalue weighted by molar-refractivity contribution is -0.130. The lowest BCUT2D eigenvalue weighted by atomic mass is 9.56. The van der Waals surface area contributed by atoms with Crippen LogP contribution < -0.4 is 0 Å². The fourth-order valence-corrected chi connectivity index (χ4v) is 3.30. The molecule has 0 aromatic rings. The maximum absolute atomic E-state index is 12.1. The Balaban J connectivity index is 2.29. The first-order valence-corrected chi connectivity index (χ1v) is 6.39. The van der Waals surface area contributed by atoms with Crippen molar-refractivity contribution in [1.82, 2.24) is 0 Å². The standard InChI is InChI=1S/C15H22O2/c1-10-5-6-13(16)15(4)8-7-11(9-12(10)15)14(2,3)17/h5-6,11-12,17H,1,7-9H2,2-4H3. The second-order valence-electron chi connectivity index (χ2n) is 6.37. The fraction of sp³-hybridized carbons (Fsp3) is 0.667. The monoisotopic (exact) mass is 234 g/mol. The molecule has 0 aromatic heterocycles. The maximum Gasteiger partial charge on any atom is 0.162 e. The van der Waals surface area contributed by atoms with Crippen molar-refractivity contribution in [2.45, 2.75) is 45.6 Å². The maximum atomic E-state index is 12.1. The molecule has 0 bridgehead atoms. The van der Waals surface area contributed by atoms with Crippen LogP contribution in [0.2, 0.25) is 0 Å². The summed E-state index contributed by atoms with van der Waals surface area (Å²) < 4.78 is 0. The number of rotatable bonds is 1. The molecule has 2 rings (SSSR count). The van der Waals surface area contributed by atoms with Gasteiger partial charge in [-0.25, -0.2) is 0 Å². The summed E-state index contributed by atoms with van der Waals surface area (Å²) in [5.74, 6) is 0.686. The van der Waals surface area contributed by atoms with Crippen LogP contribution in [0.15, 0.2) is 24.3 Å². The summed E-state index contributed by atoms with van der Waals surface area (Å²) in [6.45, 7) is 9.85. The molecule has 0 heterocycles. The molecule has 3 atom stereocenters. The van der Waals surface area contributed by atoms with Crippen LogP contribution in [-0.2, 0) is 4.79 Å². The average molecular weight is 234 g/mol. The van der Waals surface area contributed by atoms with Crippen molar-refractivity contribution in [3.05, 3.63) is 24.3 Å². The third kappa shape index (κ3) is 1.99. The van der Waals surface area contributed by atoms with Gasteiger partial charge in [-0.15, -0.1) is 0 Å². The number of carbonyl (C=O) groups excluding carboxylic acids is 1. The molecule has 94 valence electrons. The van der Waals surface area contributed by atoms with Crippen LogP contribution in [-0.4, -0.2) is 16.5 Å². The van der Waals surface area contributed by atoms with Crippen LogP contribution in [0.3, 0.4) is 0 Å². The van der Waals surface area contributed by atoms with E-state index in [1.807, 2.05) is 19.9 Å². The van der Waals surface area contributed by atoms with Gasteiger partial charge in [-0.2, -0.15) is 0 Å². The van der Waals surface area contributed by atoms with Crippen molar-refractivity contribution in [3.63, 3.8) is 0 Å². The molecular weight excluding hydrogens is 212 g/mol. The Morgan fingerprint density at radius 2 is 2.12 bits per heavy atom. The predicted octanol–water partition coefficient (Wildman–Crippen LogP) is 2.88. The zero-order valence-corrected chi connectivity index (χ0v) is 11.0. The minimum absolute atomic E-state index is 0.199. The van der Waals surface area contributed by atoms with Gasteiger partial charge >= 0.3 is 0 Å². The summed E-state index contributed by atoms with van der Waals surface area (Å²) in [6.07, 6.45) is 6.16. The molecule has 2 aliphatic rings. The second-order valence-corrected chi connectivity index (χ2v) is 6.37. The Hall–Kier alpha value is -0.890. The summed E-state index contributed by atoms with van der Waals surface area (Å²) in [4.78, 5) is 12.1. The Kier molecular flexibility index (Phi) is 2.81. The highest BCUT2D eigenvalue weighted by Crippen LogP contribution is 2.51. The van der Waals surface area contributed by atoms with Crippen LogP contribution >= 0.6 is 0 Å². The van der Waals surface area contributed by atoms with E-state index < -0.39 is 5.60 Å². The molecule has 0 spiro atoms. The molecule has 1 saturated carbocycles. The third-order valence-corrected chi connectivity index (χ3v) is 4.76. The van der Waals surface area contributed by atoms with Gasteiger partial charge in [0.05, 0.1) is 5.60 Å².